The average molecular weight is 223 g/mol. The first-order valence-electron chi connectivity index (χ1n) is 5.18. The van der Waals surface area contributed by atoms with Gasteiger partial charge in [-0.2, -0.15) is 0 Å². The average Bonchev–Trinajstić information content (AvgIpc) is 2.28. The topological polar surface area (TPSA) is 47.6 Å². The molecule has 0 aromatic heterocycles. The molecule has 4 heteroatoms. The molecular formula is C12H17NO3. The Labute approximate surface area is 95.5 Å². The fourth-order valence-electron chi connectivity index (χ4n) is 1.27. The van der Waals surface area contributed by atoms with Crippen LogP contribution in [0.4, 0.5) is 0 Å². The zero-order valence-electron chi connectivity index (χ0n) is 9.66. The van der Waals surface area contributed by atoms with Gasteiger partial charge in [0, 0.05) is 7.11 Å². The van der Waals surface area contributed by atoms with E-state index in [9.17, 15) is 4.79 Å². The summed E-state index contributed by atoms with van der Waals surface area (Å²) in [6, 6.07) is 7.78. The van der Waals surface area contributed by atoms with Crippen LogP contribution in [-0.2, 0) is 20.8 Å². The van der Waals surface area contributed by atoms with E-state index in [4.69, 9.17) is 9.57 Å². The molecule has 1 amide bonds. The number of amides is 1. The first kappa shape index (κ1) is 12.7. The van der Waals surface area contributed by atoms with Crippen LogP contribution in [0.3, 0.4) is 0 Å². The van der Waals surface area contributed by atoms with Crippen LogP contribution in [0.1, 0.15) is 11.1 Å². The molecule has 0 fully saturated rings. The molecule has 0 aliphatic carbocycles. The van der Waals surface area contributed by atoms with Gasteiger partial charge in [0.05, 0.1) is 19.6 Å². The second kappa shape index (κ2) is 6.98. The Morgan fingerprint density at radius 1 is 1.31 bits per heavy atom. The highest BCUT2D eigenvalue weighted by molar-refractivity contribution is 5.77. The molecule has 0 heterocycles. The number of carbonyl (C=O) groups excluding carboxylic acids is 1. The van der Waals surface area contributed by atoms with Crippen LogP contribution in [0.25, 0.3) is 0 Å². The van der Waals surface area contributed by atoms with Gasteiger partial charge >= 0.3 is 0 Å². The summed E-state index contributed by atoms with van der Waals surface area (Å²) < 4.78 is 4.78. The van der Waals surface area contributed by atoms with Gasteiger partial charge in [0.25, 0.3) is 0 Å². The van der Waals surface area contributed by atoms with Gasteiger partial charge in [-0.25, -0.2) is 5.48 Å². The van der Waals surface area contributed by atoms with Crippen LogP contribution < -0.4 is 5.48 Å². The van der Waals surface area contributed by atoms with E-state index >= 15 is 0 Å². The molecule has 4 nitrogen and oxygen atoms in total. The van der Waals surface area contributed by atoms with Gasteiger partial charge in [-0.3, -0.25) is 9.63 Å². The summed E-state index contributed by atoms with van der Waals surface area (Å²) in [6.07, 6.45) is 0.333. The molecule has 0 radical (unpaired) electrons. The molecule has 16 heavy (non-hydrogen) atoms. The van der Waals surface area contributed by atoms with Crippen LogP contribution in [0.15, 0.2) is 24.3 Å². The van der Waals surface area contributed by atoms with Gasteiger partial charge in [-0.05, 0) is 18.1 Å². The summed E-state index contributed by atoms with van der Waals surface area (Å²) in [5.74, 6) is -0.148. The monoisotopic (exact) mass is 223 g/mol. The van der Waals surface area contributed by atoms with Crippen LogP contribution in [0.2, 0.25) is 0 Å². The molecule has 1 aromatic rings. The van der Waals surface area contributed by atoms with Gasteiger partial charge < -0.3 is 4.74 Å². The number of aryl methyl sites for hydroxylation is 1. The largest absolute Gasteiger partial charge is 0.382 e. The normalized spacial score (nSPS) is 10.1. The van der Waals surface area contributed by atoms with Crippen LogP contribution >= 0.6 is 0 Å². The predicted molar refractivity (Wildman–Crippen MR) is 60.9 cm³/mol. The molecule has 0 aliphatic rings. The number of benzene rings is 1. The van der Waals surface area contributed by atoms with Gasteiger partial charge in [0.2, 0.25) is 5.91 Å². The van der Waals surface area contributed by atoms with Crippen molar-refractivity contribution in [3.63, 3.8) is 0 Å². The third-order valence-electron chi connectivity index (χ3n) is 2.19. The van der Waals surface area contributed by atoms with Gasteiger partial charge in [0.1, 0.15) is 0 Å². The maximum atomic E-state index is 11.5. The van der Waals surface area contributed by atoms with E-state index in [0.29, 0.717) is 19.6 Å². The summed E-state index contributed by atoms with van der Waals surface area (Å²) in [5, 5.41) is 0. The Balaban J connectivity index is 2.32. The fourth-order valence-corrected chi connectivity index (χ4v) is 1.27. The van der Waals surface area contributed by atoms with Crippen molar-refractivity contribution in [3.05, 3.63) is 35.4 Å². The second-order valence-corrected chi connectivity index (χ2v) is 3.47. The van der Waals surface area contributed by atoms with E-state index in [1.54, 1.807) is 7.11 Å². The summed E-state index contributed by atoms with van der Waals surface area (Å²) in [6.45, 7) is 2.80. The van der Waals surface area contributed by atoms with E-state index in [1.165, 1.54) is 0 Å². The van der Waals surface area contributed by atoms with Gasteiger partial charge in [-0.15, -0.1) is 0 Å². The van der Waals surface area contributed by atoms with E-state index < -0.39 is 0 Å². The number of hydrogen-bond acceptors (Lipinski definition) is 3. The van der Waals surface area contributed by atoms with E-state index in [2.05, 4.69) is 5.48 Å². The lowest BCUT2D eigenvalue weighted by Gasteiger charge is -2.07. The summed E-state index contributed by atoms with van der Waals surface area (Å²) in [7, 11) is 1.58. The minimum Gasteiger partial charge on any atom is -0.382 e. The van der Waals surface area contributed by atoms with Crippen molar-refractivity contribution in [1.82, 2.24) is 5.48 Å². The minimum absolute atomic E-state index is 0.148. The van der Waals surface area contributed by atoms with Crippen molar-refractivity contribution in [2.24, 2.45) is 0 Å². The fraction of sp³-hybridized carbons (Fsp3) is 0.417. The highest BCUT2D eigenvalue weighted by atomic mass is 16.7. The zero-order valence-corrected chi connectivity index (χ0v) is 9.66. The minimum atomic E-state index is -0.148. The molecule has 0 saturated carbocycles. The smallest absolute Gasteiger partial charge is 0.247 e. The lowest BCUT2D eigenvalue weighted by atomic mass is 10.1. The summed E-state index contributed by atoms with van der Waals surface area (Å²) in [5.41, 5.74) is 4.49. The third kappa shape index (κ3) is 4.42. The first-order valence-corrected chi connectivity index (χ1v) is 5.18. The molecule has 0 bridgehead atoms. The quantitative estimate of drug-likeness (QED) is 0.583. The van der Waals surface area contributed by atoms with Crippen molar-refractivity contribution in [2.45, 2.75) is 13.3 Å². The maximum absolute atomic E-state index is 11.5. The number of rotatable bonds is 6. The molecule has 1 rings (SSSR count). The molecule has 0 atom stereocenters. The first-order chi connectivity index (χ1) is 7.74. The number of hydrogen-bond donors (Lipinski definition) is 1. The molecule has 0 aliphatic heterocycles. The molecule has 0 unspecified atom stereocenters. The Bertz CT molecular complexity index is 339. The number of nitrogens with one attached hydrogen (secondary N) is 1. The highest BCUT2D eigenvalue weighted by Gasteiger charge is 2.04. The lowest BCUT2D eigenvalue weighted by Crippen LogP contribution is -2.27. The zero-order chi connectivity index (χ0) is 11.8. The van der Waals surface area contributed by atoms with E-state index in [0.717, 1.165) is 11.1 Å². The van der Waals surface area contributed by atoms with Crippen molar-refractivity contribution in [1.29, 1.82) is 0 Å². The maximum Gasteiger partial charge on any atom is 0.247 e. The number of methoxy groups -OCH3 is 1. The number of hydroxylamine groups is 1. The standard InChI is InChI=1S/C12H17NO3/c1-10-5-3-4-6-11(10)9-12(14)13-16-8-7-15-2/h3-6H,7-9H2,1-2H3,(H,13,14). The van der Waals surface area contributed by atoms with Crippen LogP contribution in [0, 0.1) is 6.92 Å². The molecule has 88 valence electrons. The molecule has 0 saturated heterocycles. The Hall–Kier alpha value is -1.39. The van der Waals surface area contributed by atoms with Crippen molar-refractivity contribution in [2.75, 3.05) is 20.3 Å². The molecule has 1 aromatic carbocycles. The summed E-state index contributed by atoms with van der Waals surface area (Å²) in [4.78, 5) is 16.4. The Morgan fingerprint density at radius 3 is 2.75 bits per heavy atom. The van der Waals surface area contributed by atoms with Crippen LogP contribution in [-0.4, -0.2) is 26.2 Å². The predicted octanol–water partition coefficient (Wildman–Crippen LogP) is 1.23. The van der Waals surface area contributed by atoms with E-state index in [-0.39, 0.29) is 5.91 Å². The van der Waals surface area contributed by atoms with E-state index in [1.807, 2.05) is 31.2 Å². The molecular weight excluding hydrogens is 206 g/mol. The number of ether oxygens (including phenoxy) is 1. The lowest BCUT2D eigenvalue weighted by molar-refractivity contribution is -0.133. The SMILES string of the molecule is COCCONC(=O)Cc1ccccc1C. The second-order valence-electron chi connectivity index (χ2n) is 3.47. The molecule has 1 N–H and O–H groups in total. The van der Waals surface area contributed by atoms with Crippen molar-refractivity contribution >= 4 is 5.91 Å². The van der Waals surface area contributed by atoms with Gasteiger partial charge in [-0.1, -0.05) is 24.3 Å². The van der Waals surface area contributed by atoms with Crippen molar-refractivity contribution < 1.29 is 14.4 Å². The van der Waals surface area contributed by atoms with Crippen molar-refractivity contribution in [3.8, 4) is 0 Å². The highest BCUT2D eigenvalue weighted by Crippen LogP contribution is 2.07. The number of carbonyl (C=O) groups is 1. The van der Waals surface area contributed by atoms with Crippen LogP contribution in [0.5, 0.6) is 0 Å². The van der Waals surface area contributed by atoms with Gasteiger partial charge in [0.15, 0.2) is 0 Å². The molecule has 0 spiro atoms. The summed E-state index contributed by atoms with van der Waals surface area (Å²) >= 11 is 0. The Kier molecular flexibility index (Phi) is 5.53. The third-order valence-corrected chi connectivity index (χ3v) is 2.19. The Morgan fingerprint density at radius 2 is 2.06 bits per heavy atom.